The number of hydrogen-bond donors (Lipinski definition) is 1. The van der Waals surface area contributed by atoms with E-state index in [-0.39, 0.29) is 5.91 Å². The summed E-state index contributed by atoms with van der Waals surface area (Å²) in [6, 6.07) is 22.9. The number of carbonyl (C=O) groups is 1. The third-order valence-electron chi connectivity index (χ3n) is 6.06. The molecule has 1 fully saturated rings. The van der Waals surface area contributed by atoms with Crippen LogP contribution in [0.1, 0.15) is 12.5 Å². The van der Waals surface area contributed by atoms with Gasteiger partial charge < -0.3 is 24.1 Å². The highest BCUT2D eigenvalue weighted by Crippen LogP contribution is 2.28. The fourth-order valence-corrected chi connectivity index (χ4v) is 4.59. The fraction of sp³-hybridized carbons (Fsp3) is 0.172. The van der Waals surface area contributed by atoms with Crippen molar-refractivity contribution in [1.82, 2.24) is 9.88 Å². The highest BCUT2D eigenvalue weighted by Gasteiger charge is 2.32. The third kappa shape index (κ3) is 5.15. The number of ether oxygens (including phenoxy) is 3. The Balaban J connectivity index is 1.35. The maximum atomic E-state index is 13.3. The average Bonchev–Trinajstić information content (AvgIpc) is 3.41. The quantitative estimate of drug-likeness (QED) is 0.239. The monoisotopic (exact) mass is 513 g/mol. The molecule has 37 heavy (non-hydrogen) atoms. The van der Waals surface area contributed by atoms with Crippen LogP contribution in [-0.2, 0) is 11.3 Å². The highest BCUT2D eigenvalue weighted by molar-refractivity contribution is 7.80. The summed E-state index contributed by atoms with van der Waals surface area (Å²) < 4.78 is 18.8. The van der Waals surface area contributed by atoms with Crippen molar-refractivity contribution in [2.75, 3.05) is 25.2 Å². The summed E-state index contributed by atoms with van der Waals surface area (Å²) in [6.45, 7) is 3.65. The molecule has 7 nitrogen and oxygen atoms in total. The van der Waals surface area contributed by atoms with Crippen LogP contribution in [0.25, 0.3) is 17.0 Å². The van der Waals surface area contributed by atoms with Crippen LogP contribution < -0.4 is 24.4 Å². The maximum Gasteiger partial charge on any atom is 0.281 e. The largest absolute Gasteiger partial charge is 0.497 e. The molecule has 4 aromatic rings. The van der Waals surface area contributed by atoms with E-state index < -0.39 is 0 Å². The van der Waals surface area contributed by atoms with Crippen LogP contribution in [-0.4, -0.2) is 35.9 Å². The van der Waals surface area contributed by atoms with Crippen LogP contribution in [0.2, 0.25) is 0 Å². The average molecular weight is 514 g/mol. The van der Waals surface area contributed by atoms with Crippen molar-refractivity contribution in [3.05, 3.63) is 90.3 Å². The lowest BCUT2D eigenvalue weighted by molar-refractivity contribution is -0.113. The molecular formula is C29H27N3O4S. The number of benzene rings is 3. The molecule has 0 radical (unpaired) electrons. The maximum absolute atomic E-state index is 13.3. The lowest BCUT2D eigenvalue weighted by Gasteiger charge is -2.14. The summed E-state index contributed by atoms with van der Waals surface area (Å²) in [7, 11) is 1.64. The Morgan fingerprint density at radius 1 is 0.919 bits per heavy atom. The molecule has 0 saturated carbocycles. The molecule has 1 aliphatic rings. The molecule has 8 heteroatoms. The molecular weight excluding hydrogens is 486 g/mol. The molecule has 5 rings (SSSR count). The van der Waals surface area contributed by atoms with Gasteiger partial charge in [0.05, 0.1) is 25.9 Å². The minimum Gasteiger partial charge on any atom is -0.497 e. The topological polar surface area (TPSA) is 65.0 Å². The van der Waals surface area contributed by atoms with Crippen molar-refractivity contribution >= 4 is 45.9 Å². The summed E-state index contributed by atoms with van der Waals surface area (Å²) in [6.07, 6.45) is 3.89. The number of fused-ring (bicyclic) bond motifs is 1. The normalized spacial score (nSPS) is 14.3. The van der Waals surface area contributed by atoms with Gasteiger partial charge in [-0.1, -0.05) is 18.2 Å². The minimum atomic E-state index is -0.200. The van der Waals surface area contributed by atoms with Gasteiger partial charge in [-0.05, 0) is 79.8 Å². The second-order valence-electron chi connectivity index (χ2n) is 8.37. The number of amides is 1. The third-order valence-corrected chi connectivity index (χ3v) is 6.35. The van der Waals surface area contributed by atoms with Crippen LogP contribution in [0.15, 0.2) is 84.7 Å². The van der Waals surface area contributed by atoms with Gasteiger partial charge in [-0.3, -0.25) is 9.69 Å². The number of aromatic nitrogens is 1. The van der Waals surface area contributed by atoms with Gasteiger partial charge in [-0.15, -0.1) is 0 Å². The SMILES string of the molecule is CCOc1ccc(N2C(=O)/C(=C/c3cn(CCOc4ccc(OC)cc4)c4ccccc34)NC2=S)cc1. The van der Waals surface area contributed by atoms with Crippen LogP contribution in [0, 0.1) is 0 Å². The predicted molar refractivity (Wildman–Crippen MR) is 149 cm³/mol. The fourth-order valence-electron chi connectivity index (χ4n) is 4.29. The number of thiocarbonyl (C=S) groups is 1. The van der Waals surface area contributed by atoms with E-state index in [2.05, 4.69) is 16.0 Å². The van der Waals surface area contributed by atoms with Crippen LogP contribution >= 0.6 is 12.2 Å². The van der Waals surface area contributed by atoms with Gasteiger partial charge in [0.2, 0.25) is 0 Å². The molecule has 1 aromatic heterocycles. The van der Waals surface area contributed by atoms with E-state index in [1.165, 1.54) is 4.90 Å². The molecule has 0 aliphatic carbocycles. The number of para-hydroxylation sites is 1. The van der Waals surface area contributed by atoms with Crippen molar-refractivity contribution in [1.29, 1.82) is 0 Å². The lowest BCUT2D eigenvalue weighted by Crippen LogP contribution is -2.30. The van der Waals surface area contributed by atoms with E-state index >= 15 is 0 Å². The van der Waals surface area contributed by atoms with Gasteiger partial charge in [0.25, 0.3) is 5.91 Å². The zero-order chi connectivity index (χ0) is 25.8. The first-order chi connectivity index (χ1) is 18.1. The first-order valence-electron chi connectivity index (χ1n) is 12.0. The van der Waals surface area contributed by atoms with Gasteiger partial charge in [0.15, 0.2) is 5.11 Å². The van der Waals surface area contributed by atoms with E-state index in [0.29, 0.717) is 36.3 Å². The van der Waals surface area contributed by atoms with Crippen molar-refractivity contribution < 1.29 is 19.0 Å². The molecule has 0 unspecified atom stereocenters. The number of anilines is 1. The number of carbonyl (C=O) groups excluding carboxylic acids is 1. The van der Waals surface area contributed by atoms with Gasteiger partial charge in [-0.2, -0.15) is 0 Å². The van der Waals surface area contributed by atoms with Gasteiger partial charge in [0.1, 0.15) is 29.6 Å². The Labute approximate surface area is 220 Å². The Morgan fingerprint density at radius 3 is 2.32 bits per heavy atom. The van der Waals surface area contributed by atoms with Crippen molar-refractivity contribution in [2.24, 2.45) is 0 Å². The number of nitrogens with one attached hydrogen (secondary N) is 1. The molecule has 0 bridgehead atoms. The number of methoxy groups -OCH3 is 1. The predicted octanol–water partition coefficient (Wildman–Crippen LogP) is 5.39. The Hall–Kier alpha value is -4.30. The van der Waals surface area contributed by atoms with E-state index in [4.69, 9.17) is 26.4 Å². The molecule has 1 N–H and O–H groups in total. The second-order valence-corrected chi connectivity index (χ2v) is 8.76. The Kier molecular flexibility index (Phi) is 7.09. The summed E-state index contributed by atoms with van der Waals surface area (Å²) in [5, 5.41) is 4.47. The Bertz CT molecular complexity index is 1460. The summed E-state index contributed by atoms with van der Waals surface area (Å²) in [4.78, 5) is 14.8. The van der Waals surface area contributed by atoms with Gasteiger partial charge in [-0.25, -0.2) is 0 Å². The van der Waals surface area contributed by atoms with Gasteiger partial charge in [0, 0.05) is 22.7 Å². The second kappa shape index (κ2) is 10.8. The minimum absolute atomic E-state index is 0.200. The summed E-state index contributed by atoms with van der Waals surface area (Å²) in [5.74, 6) is 2.12. The van der Waals surface area contributed by atoms with E-state index in [1.807, 2.05) is 85.9 Å². The summed E-state index contributed by atoms with van der Waals surface area (Å²) >= 11 is 5.49. The zero-order valence-corrected chi connectivity index (χ0v) is 21.5. The first-order valence-corrected chi connectivity index (χ1v) is 12.4. The van der Waals surface area contributed by atoms with E-state index in [0.717, 1.165) is 33.7 Å². The van der Waals surface area contributed by atoms with Crippen molar-refractivity contribution in [3.8, 4) is 17.2 Å². The van der Waals surface area contributed by atoms with E-state index in [1.54, 1.807) is 7.11 Å². The lowest BCUT2D eigenvalue weighted by atomic mass is 10.1. The van der Waals surface area contributed by atoms with Gasteiger partial charge >= 0.3 is 0 Å². The molecule has 2 heterocycles. The Morgan fingerprint density at radius 2 is 1.59 bits per heavy atom. The van der Waals surface area contributed by atoms with Crippen LogP contribution in [0.3, 0.4) is 0 Å². The standard InChI is InChI=1S/C29H27N3O4S/c1-3-35-23-10-8-21(9-11-23)32-28(33)26(30-29(32)37)18-20-19-31(27-7-5-4-6-25(20)27)16-17-36-24-14-12-22(34-2)13-15-24/h4-15,18-19H,3,16-17H2,1-2H3,(H,30,37)/b26-18-. The molecule has 0 atom stereocenters. The molecule has 1 aliphatic heterocycles. The van der Waals surface area contributed by atoms with Crippen molar-refractivity contribution in [2.45, 2.75) is 13.5 Å². The summed E-state index contributed by atoms with van der Waals surface area (Å²) in [5.41, 5.74) is 3.10. The smallest absolute Gasteiger partial charge is 0.281 e. The number of nitrogens with zero attached hydrogens (tertiary/aromatic N) is 2. The number of hydrogen-bond acceptors (Lipinski definition) is 5. The molecule has 0 spiro atoms. The zero-order valence-electron chi connectivity index (χ0n) is 20.6. The van der Waals surface area contributed by atoms with Crippen molar-refractivity contribution in [3.63, 3.8) is 0 Å². The highest BCUT2D eigenvalue weighted by atomic mass is 32.1. The van der Waals surface area contributed by atoms with Crippen LogP contribution in [0.4, 0.5) is 5.69 Å². The molecule has 1 saturated heterocycles. The van der Waals surface area contributed by atoms with Crippen LogP contribution in [0.5, 0.6) is 17.2 Å². The molecule has 1 amide bonds. The first kappa shape index (κ1) is 24.4. The number of rotatable bonds is 9. The molecule has 188 valence electrons. The van der Waals surface area contributed by atoms with E-state index in [9.17, 15) is 4.79 Å². The molecule has 3 aromatic carbocycles.